The molecule has 21 heavy (non-hydrogen) atoms. The molecule has 0 bridgehead atoms. The zero-order valence-electron chi connectivity index (χ0n) is 12.5. The monoisotopic (exact) mass is 391 g/mol. The van der Waals surface area contributed by atoms with Crippen molar-refractivity contribution in [2.24, 2.45) is 0 Å². The molecular formula is C19H22IN. The highest BCUT2D eigenvalue weighted by Crippen LogP contribution is 2.40. The highest BCUT2D eigenvalue weighted by Gasteiger charge is 2.25. The van der Waals surface area contributed by atoms with E-state index in [0.717, 1.165) is 12.5 Å². The normalized spacial score (nSPS) is 16.5. The van der Waals surface area contributed by atoms with E-state index in [0.29, 0.717) is 6.04 Å². The molecule has 1 aliphatic carbocycles. The lowest BCUT2D eigenvalue weighted by atomic mass is 9.76. The van der Waals surface area contributed by atoms with Gasteiger partial charge in [0.15, 0.2) is 0 Å². The van der Waals surface area contributed by atoms with Gasteiger partial charge in [-0.3, -0.25) is 0 Å². The van der Waals surface area contributed by atoms with Crippen molar-refractivity contribution >= 4 is 22.6 Å². The van der Waals surface area contributed by atoms with Crippen molar-refractivity contribution in [3.8, 4) is 0 Å². The van der Waals surface area contributed by atoms with Gasteiger partial charge in [0.25, 0.3) is 0 Å². The first-order valence-corrected chi connectivity index (χ1v) is 8.95. The van der Waals surface area contributed by atoms with Gasteiger partial charge in [-0.25, -0.2) is 0 Å². The molecule has 0 aromatic heterocycles. The first kappa shape index (κ1) is 15.0. The molecule has 1 saturated carbocycles. The Labute approximate surface area is 141 Å². The maximum Gasteiger partial charge on any atom is 0.0579 e. The van der Waals surface area contributed by atoms with Crippen LogP contribution < -0.4 is 5.32 Å². The van der Waals surface area contributed by atoms with Crippen molar-refractivity contribution in [1.82, 2.24) is 5.32 Å². The van der Waals surface area contributed by atoms with E-state index in [4.69, 9.17) is 0 Å². The van der Waals surface area contributed by atoms with Crippen LogP contribution in [0.2, 0.25) is 0 Å². The van der Waals surface area contributed by atoms with Gasteiger partial charge in [0, 0.05) is 3.57 Å². The van der Waals surface area contributed by atoms with E-state index in [1.807, 2.05) is 0 Å². The Morgan fingerprint density at radius 3 is 2.62 bits per heavy atom. The van der Waals surface area contributed by atoms with Crippen LogP contribution in [0.3, 0.4) is 0 Å². The summed E-state index contributed by atoms with van der Waals surface area (Å²) in [6, 6.07) is 18.2. The minimum atomic E-state index is 0.307. The molecule has 0 amide bonds. The van der Waals surface area contributed by atoms with E-state index >= 15 is 0 Å². The van der Waals surface area contributed by atoms with Gasteiger partial charge < -0.3 is 5.32 Å². The molecule has 0 heterocycles. The predicted molar refractivity (Wildman–Crippen MR) is 97.7 cm³/mol. The van der Waals surface area contributed by atoms with E-state index in [9.17, 15) is 0 Å². The largest absolute Gasteiger partial charge is 0.307 e. The highest BCUT2D eigenvalue weighted by atomic mass is 127. The Balaban J connectivity index is 2.01. The van der Waals surface area contributed by atoms with Crippen LogP contribution in [0, 0.1) is 3.57 Å². The summed E-state index contributed by atoms with van der Waals surface area (Å²) in [5.74, 6) is 0.769. The molecular weight excluding hydrogens is 369 g/mol. The van der Waals surface area contributed by atoms with Crippen LogP contribution in [-0.2, 0) is 0 Å². The minimum absolute atomic E-state index is 0.307. The zero-order chi connectivity index (χ0) is 14.7. The topological polar surface area (TPSA) is 12.0 Å². The number of benzene rings is 2. The third-order valence-corrected chi connectivity index (χ3v) is 5.11. The summed E-state index contributed by atoms with van der Waals surface area (Å²) < 4.78 is 1.30. The molecule has 0 spiro atoms. The summed E-state index contributed by atoms with van der Waals surface area (Å²) in [4.78, 5) is 0. The molecule has 0 aliphatic heterocycles. The van der Waals surface area contributed by atoms with Gasteiger partial charge in [-0.15, -0.1) is 0 Å². The molecule has 1 fully saturated rings. The highest BCUT2D eigenvalue weighted by molar-refractivity contribution is 14.1. The van der Waals surface area contributed by atoms with Gasteiger partial charge in [-0.05, 0) is 76.7 Å². The maximum absolute atomic E-state index is 3.68. The van der Waals surface area contributed by atoms with Crippen LogP contribution in [0.1, 0.15) is 54.8 Å². The van der Waals surface area contributed by atoms with Crippen molar-refractivity contribution < 1.29 is 0 Å². The summed E-state index contributed by atoms with van der Waals surface area (Å²) in [7, 11) is 0. The Bertz CT molecular complexity index is 604. The van der Waals surface area contributed by atoms with Crippen molar-refractivity contribution in [1.29, 1.82) is 0 Å². The Morgan fingerprint density at radius 2 is 1.95 bits per heavy atom. The third kappa shape index (κ3) is 3.32. The van der Waals surface area contributed by atoms with Gasteiger partial charge >= 0.3 is 0 Å². The predicted octanol–water partition coefficient (Wildman–Crippen LogP) is 5.26. The molecule has 2 aromatic carbocycles. The lowest BCUT2D eigenvalue weighted by Gasteiger charge is -2.31. The van der Waals surface area contributed by atoms with Crippen LogP contribution in [-0.4, -0.2) is 6.54 Å². The summed E-state index contributed by atoms with van der Waals surface area (Å²) in [5, 5.41) is 3.68. The second-order valence-electron chi connectivity index (χ2n) is 5.80. The summed E-state index contributed by atoms with van der Waals surface area (Å²) in [6.07, 6.45) is 4.08. The molecule has 1 unspecified atom stereocenters. The lowest BCUT2D eigenvalue weighted by molar-refractivity contribution is 0.414. The standard InChI is InChI=1S/C19H22IN/c1-2-21-19(15-9-6-10-16(20)13-15)18-12-4-3-11-17(18)14-7-5-8-14/h3-4,6,9-14,19,21H,2,5,7-8H2,1H3. The van der Waals surface area contributed by atoms with Gasteiger partial charge in [-0.1, -0.05) is 49.7 Å². The van der Waals surface area contributed by atoms with Gasteiger partial charge in [0.2, 0.25) is 0 Å². The maximum atomic E-state index is 3.68. The fourth-order valence-corrected chi connectivity index (χ4v) is 3.73. The molecule has 1 nitrogen and oxygen atoms in total. The molecule has 3 rings (SSSR count). The van der Waals surface area contributed by atoms with Crippen molar-refractivity contribution in [3.05, 3.63) is 68.8 Å². The molecule has 1 aliphatic rings. The van der Waals surface area contributed by atoms with Crippen molar-refractivity contribution in [2.45, 2.75) is 38.1 Å². The average Bonchev–Trinajstić information content (AvgIpc) is 2.44. The fraction of sp³-hybridized carbons (Fsp3) is 0.368. The molecule has 110 valence electrons. The number of halogens is 1. The van der Waals surface area contributed by atoms with E-state index in [1.165, 1.54) is 34.0 Å². The van der Waals surface area contributed by atoms with Crippen LogP contribution in [0.4, 0.5) is 0 Å². The van der Waals surface area contributed by atoms with Gasteiger partial charge in [0.05, 0.1) is 6.04 Å². The minimum Gasteiger partial charge on any atom is -0.307 e. The van der Waals surface area contributed by atoms with E-state index in [2.05, 4.69) is 83.4 Å². The second kappa shape index (κ2) is 6.93. The van der Waals surface area contributed by atoms with E-state index in [1.54, 1.807) is 5.56 Å². The third-order valence-electron chi connectivity index (χ3n) is 4.44. The molecule has 1 atom stereocenters. The lowest BCUT2D eigenvalue weighted by Crippen LogP contribution is -2.24. The number of nitrogens with one attached hydrogen (secondary N) is 1. The van der Waals surface area contributed by atoms with Gasteiger partial charge in [-0.2, -0.15) is 0 Å². The zero-order valence-corrected chi connectivity index (χ0v) is 14.6. The molecule has 0 saturated heterocycles. The van der Waals surface area contributed by atoms with E-state index in [-0.39, 0.29) is 0 Å². The first-order valence-electron chi connectivity index (χ1n) is 7.87. The average molecular weight is 391 g/mol. The molecule has 0 radical (unpaired) electrons. The first-order chi connectivity index (χ1) is 10.3. The number of hydrogen-bond donors (Lipinski definition) is 1. The van der Waals surface area contributed by atoms with Crippen molar-refractivity contribution in [3.63, 3.8) is 0 Å². The Kier molecular flexibility index (Phi) is 4.96. The number of hydrogen-bond acceptors (Lipinski definition) is 1. The smallest absolute Gasteiger partial charge is 0.0579 e. The summed E-state index contributed by atoms with van der Waals surface area (Å²) >= 11 is 2.40. The quantitative estimate of drug-likeness (QED) is 0.686. The SMILES string of the molecule is CCNC(c1cccc(I)c1)c1ccccc1C1CCC1. The molecule has 2 aromatic rings. The Hall–Kier alpha value is -0.870. The van der Waals surface area contributed by atoms with Crippen LogP contribution in [0.25, 0.3) is 0 Å². The summed E-state index contributed by atoms with van der Waals surface area (Å²) in [5.41, 5.74) is 4.38. The van der Waals surface area contributed by atoms with Crippen LogP contribution in [0.15, 0.2) is 48.5 Å². The van der Waals surface area contributed by atoms with Crippen LogP contribution in [0.5, 0.6) is 0 Å². The number of rotatable bonds is 5. The van der Waals surface area contributed by atoms with Crippen molar-refractivity contribution in [2.75, 3.05) is 6.54 Å². The van der Waals surface area contributed by atoms with Gasteiger partial charge in [0.1, 0.15) is 0 Å². The Morgan fingerprint density at radius 1 is 1.14 bits per heavy atom. The molecule has 1 N–H and O–H groups in total. The summed E-state index contributed by atoms with van der Waals surface area (Å²) in [6.45, 7) is 3.17. The molecule has 2 heteroatoms. The second-order valence-corrected chi connectivity index (χ2v) is 7.05. The van der Waals surface area contributed by atoms with Crippen LogP contribution >= 0.6 is 22.6 Å². The fourth-order valence-electron chi connectivity index (χ4n) is 3.16. The van der Waals surface area contributed by atoms with E-state index < -0.39 is 0 Å².